The Morgan fingerprint density at radius 3 is 2.00 bits per heavy atom. The maximum Gasteiger partial charge on any atom is 0.425 e. The standard InChI is InChI=1S/C32H37F3N2O4/c1-3-5-6-7-8-9-19-40-28-17-15-23(16-18-28)26-21-36-30(37-22-26)24-11-13-25(14-12-24)31(39)41-29(32(33,34)35)20-27(38)10-4-2/h11-18,21-22,29H,3-10,19-20H2,1-2H3. The van der Waals surface area contributed by atoms with Gasteiger partial charge in [0.25, 0.3) is 0 Å². The number of ketones is 1. The van der Waals surface area contributed by atoms with Crippen molar-refractivity contribution < 1.29 is 32.2 Å². The normalized spacial score (nSPS) is 12.1. The van der Waals surface area contributed by atoms with E-state index in [9.17, 15) is 22.8 Å². The fraction of sp³-hybridized carbons (Fsp3) is 0.438. The number of rotatable bonds is 16. The average Bonchev–Trinajstić information content (AvgIpc) is 2.96. The van der Waals surface area contributed by atoms with E-state index in [1.165, 1.54) is 56.4 Å². The number of benzene rings is 2. The number of unbranched alkanes of at least 4 members (excludes halogenated alkanes) is 5. The second-order valence-electron chi connectivity index (χ2n) is 9.94. The second-order valence-corrected chi connectivity index (χ2v) is 9.94. The number of hydrogen-bond acceptors (Lipinski definition) is 6. The van der Waals surface area contributed by atoms with E-state index in [2.05, 4.69) is 21.6 Å². The lowest BCUT2D eigenvalue weighted by atomic mass is 10.1. The highest BCUT2D eigenvalue weighted by molar-refractivity contribution is 5.90. The van der Waals surface area contributed by atoms with Crippen LogP contribution in [0.15, 0.2) is 60.9 Å². The van der Waals surface area contributed by atoms with Crippen LogP contribution >= 0.6 is 0 Å². The zero-order valence-corrected chi connectivity index (χ0v) is 23.6. The number of esters is 1. The fourth-order valence-corrected chi connectivity index (χ4v) is 4.21. The lowest BCUT2D eigenvalue weighted by molar-refractivity contribution is -0.206. The van der Waals surface area contributed by atoms with Crippen LogP contribution in [0, 0.1) is 0 Å². The summed E-state index contributed by atoms with van der Waals surface area (Å²) in [5, 5.41) is 0. The zero-order chi connectivity index (χ0) is 29.7. The summed E-state index contributed by atoms with van der Waals surface area (Å²) in [6, 6.07) is 13.5. The van der Waals surface area contributed by atoms with Gasteiger partial charge in [-0.2, -0.15) is 13.2 Å². The van der Waals surface area contributed by atoms with Crippen LogP contribution in [0.3, 0.4) is 0 Å². The third-order valence-corrected chi connectivity index (χ3v) is 6.54. The summed E-state index contributed by atoms with van der Waals surface area (Å²) in [5.74, 6) is -0.552. The molecule has 2 aromatic carbocycles. The number of carbonyl (C=O) groups excluding carboxylic acids is 2. The number of Topliss-reactive ketones (excluding diaryl/α,β-unsaturated/α-hetero) is 1. The summed E-state index contributed by atoms with van der Waals surface area (Å²) in [6.07, 6.45) is 2.82. The van der Waals surface area contributed by atoms with E-state index in [4.69, 9.17) is 4.74 Å². The summed E-state index contributed by atoms with van der Waals surface area (Å²) in [4.78, 5) is 32.9. The van der Waals surface area contributed by atoms with Crippen molar-refractivity contribution in [2.75, 3.05) is 6.61 Å². The minimum atomic E-state index is -4.84. The minimum absolute atomic E-state index is 0.00332. The van der Waals surface area contributed by atoms with Crippen molar-refractivity contribution in [2.45, 2.75) is 83.9 Å². The van der Waals surface area contributed by atoms with Crippen LogP contribution in [0.4, 0.5) is 13.2 Å². The van der Waals surface area contributed by atoms with E-state index in [1.807, 2.05) is 24.3 Å². The number of nitrogens with zero attached hydrogens (tertiary/aromatic N) is 2. The van der Waals surface area contributed by atoms with Crippen LogP contribution in [-0.2, 0) is 9.53 Å². The van der Waals surface area contributed by atoms with Crippen molar-refractivity contribution in [2.24, 2.45) is 0 Å². The fourth-order valence-electron chi connectivity index (χ4n) is 4.21. The number of ether oxygens (including phenoxy) is 2. The molecule has 1 atom stereocenters. The van der Waals surface area contributed by atoms with E-state index < -0.39 is 30.5 Å². The molecule has 0 aliphatic carbocycles. The van der Waals surface area contributed by atoms with Gasteiger partial charge in [-0.3, -0.25) is 4.79 Å². The molecule has 0 aliphatic rings. The zero-order valence-electron chi connectivity index (χ0n) is 23.6. The molecule has 1 aromatic heterocycles. The van der Waals surface area contributed by atoms with Crippen molar-refractivity contribution in [3.05, 3.63) is 66.5 Å². The maximum atomic E-state index is 13.3. The highest BCUT2D eigenvalue weighted by Crippen LogP contribution is 2.28. The molecular formula is C32H37F3N2O4. The van der Waals surface area contributed by atoms with Crippen LogP contribution in [0.1, 0.15) is 82.0 Å². The Morgan fingerprint density at radius 2 is 1.39 bits per heavy atom. The van der Waals surface area contributed by atoms with E-state index in [0.717, 1.165) is 23.3 Å². The van der Waals surface area contributed by atoms with E-state index >= 15 is 0 Å². The predicted octanol–water partition coefficient (Wildman–Crippen LogP) is 8.40. The van der Waals surface area contributed by atoms with Crippen molar-refractivity contribution in [1.29, 1.82) is 0 Å². The van der Waals surface area contributed by atoms with Gasteiger partial charge in [0.15, 0.2) is 5.82 Å². The SMILES string of the molecule is CCCCCCCCOc1ccc(-c2cnc(-c3ccc(C(=O)OC(CC(=O)CCC)C(F)(F)F)cc3)nc2)cc1. The Balaban J connectivity index is 1.55. The quantitative estimate of drug-likeness (QED) is 0.127. The molecule has 0 bridgehead atoms. The molecule has 1 unspecified atom stereocenters. The Morgan fingerprint density at radius 1 is 0.780 bits per heavy atom. The van der Waals surface area contributed by atoms with E-state index in [1.54, 1.807) is 19.3 Å². The topological polar surface area (TPSA) is 78.4 Å². The van der Waals surface area contributed by atoms with E-state index in [0.29, 0.717) is 24.4 Å². The van der Waals surface area contributed by atoms with Gasteiger partial charge < -0.3 is 9.47 Å². The summed E-state index contributed by atoms with van der Waals surface area (Å²) >= 11 is 0. The molecule has 41 heavy (non-hydrogen) atoms. The first kappa shape index (κ1) is 31.8. The highest BCUT2D eigenvalue weighted by atomic mass is 19.4. The van der Waals surface area contributed by atoms with Gasteiger partial charge in [-0.15, -0.1) is 0 Å². The largest absolute Gasteiger partial charge is 0.494 e. The predicted molar refractivity (Wildman–Crippen MR) is 152 cm³/mol. The van der Waals surface area contributed by atoms with Crippen LogP contribution in [0.2, 0.25) is 0 Å². The molecule has 0 amide bonds. The van der Waals surface area contributed by atoms with Gasteiger partial charge in [0.05, 0.1) is 18.6 Å². The first-order chi connectivity index (χ1) is 19.7. The molecule has 0 saturated carbocycles. The van der Waals surface area contributed by atoms with Gasteiger partial charge in [0.2, 0.25) is 6.10 Å². The van der Waals surface area contributed by atoms with Gasteiger partial charge in [-0.05, 0) is 42.7 Å². The van der Waals surface area contributed by atoms with Gasteiger partial charge >= 0.3 is 12.1 Å². The molecule has 3 rings (SSSR count). The molecule has 6 nitrogen and oxygen atoms in total. The molecule has 0 aliphatic heterocycles. The number of alkyl halides is 3. The van der Waals surface area contributed by atoms with Gasteiger partial charge in [-0.1, -0.05) is 70.2 Å². The third kappa shape index (κ3) is 10.3. The molecule has 3 aromatic rings. The Labute approximate surface area is 239 Å². The molecule has 0 saturated heterocycles. The van der Waals surface area contributed by atoms with Crippen molar-refractivity contribution in [1.82, 2.24) is 9.97 Å². The highest BCUT2D eigenvalue weighted by Gasteiger charge is 2.44. The molecule has 0 spiro atoms. The van der Waals surface area contributed by atoms with Crippen molar-refractivity contribution >= 4 is 11.8 Å². The molecule has 220 valence electrons. The Bertz CT molecular complexity index is 1230. The maximum absolute atomic E-state index is 13.3. The number of carbonyl (C=O) groups is 2. The average molecular weight is 571 g/mol. The first-order valence-corrected chi connectivity index (χ1v) is 14.2. The third-order valence-electron chi connectivity index (χ3n) is 6.54. The minimum Gasteiger partial charge on any atom is -0.494 e. The number of aromatic nitrogens is 2. The summed E-state index contributed by atoms with van der Waals surface area (Å²) in [5.41, 5.74) is 2.25. The molecule has 0 N–H and O–H groups in total. The Hall–Kier alpha value is -3.75. The van der Waals surface area contributed by atoms with E-state index in [-0.39, 0.29) is 12.0 Å². The van der Waals surface area contributed by atoms with Crippen molar-refractivity contribution in [3.8, 4) is 28.3 Å². The lowest BCUT2D eigenvalue weighted by Crippen LogP contribution is -2.35. The Kier molecular flexibility index (Phi) is 12.3. The van der Waals surface area contributed by atoms with Gasteiger partial charge in [0, 0.05) is 29.9 Å². The summed E-state index contributed by atoms with van der Waals surface area (Å²) in [6.45, 7) is 4.59. The lowest BCUT2D eigenvalue weighted by Gasteiger charge is -2.20. The monoisotopic (exact) mass is 570 g/mol. The van der Waals surface area contributed by atoms with Crippen LogP contribution < -0.4 is 4.74 Å². The molecular weight excluding hydrogens is 533 g/mol. The second kappa shape index (κ2) is 15.9. The van der Waals surface area contributed by atoms with Crippen LogP contribution in [0.25, 0.3) is 22.5 Å². The van der Waals surface area contributed by atoms with Crippen molar-refractivity contribution in [3.63, 3.8) is 0 Å². The first-order valence-electron chi connectivity index (χ1n) is 14.2. The van der Waals surface area contributed by atoms with Crippen LogP contribution in [0.5, 0.6) is 5.75 Å². The number of hydrogen-bond donors (Lipinski definition) is 0. The molecule has 0 fully saturated rings. The summed E-state index contributed by atoms with van der Waals surface area (Å²) in [7, 11) is 0. The van der Waals surface area contributed by atoms with Crippen LogP contribution in [-0.4, -0.2) is 40.6 Å². The van der Waals surface area contributed by atoms with Gasteiger partial charge in [-0.25, -0.2) is 14.8 Å². The molecule has 1 heterocycles. The number of halogens is 3. The molecule has 9 heteroatoms. The summed E-state index contributed by atoms with van der Waals surface area (Å²) < 4.78 is 50.4. The van der Waals surface area contributed by atoms with Gasteiger partial charge in [0.1, 0.15) is 11.5 Å². The smallest absolute Gasteiger partial charge is 0.425 e. The molecule has 0 radical (unpaired) electrons.